The summed E-state index contributed by atoms with van der Waals surface area (Å²) in [7, 11) is 0. The fraction of sp³-hybridized carbons (Fsp3) is 0.0667. The predicted molar refractivity (Wildman–Crippen MR) is 140 cm³/mol. The Balaban J connectivity index is 1.48. The Morgan fingerprint density at radius 3 is 1.97 bits per heavy atom. The van der Waals surface area contributed by atoms with E-state index in [1.165, 1.54) is 36.5 Å². The molecule has 0 bridgehead atoms. The fourth-order valence-electron chi connectivity index (χ4n) is 3.54. The van der Waals surface area contributed by atoms with Crippen LogP contribution in [0.3, 0.4) is 0 Å². The molecule has 196 valence electrons. The maximum atomic E-state index is 13.3. The van der Waals surface area contributed by atoms with E-state index < -0.39 is 30.2 Å². The number of carbonyl (C=O) groups excluding carboxylic acids is 3. The van der Waals surface area contributed by atoms with Gasteiger partial charge in [0, 0.05) is 11.1 Å². The van der Waals surface area contributed by atoms with E-state index in [1.807, 2.05) is 0 Å². The van der Waals surface area contributed by atoms with Crippen LogP contribution in [0.2, 0.25) is 0 Å². The monoisotopic (exact) mass is 530 g/mol. The number of benzene rings is 4. The van der Waals surface area contributed by atoms with E-state index in [9.17, 15) is 27.6 Å². The molecule has 4 aromatic carbocycles. The van der Waals surface area contributed by atoms with Crippen molar-refractivity contribution in [3.63, 3.8) is 0 Å². The zero-order chi connectivity index (χ0) is 27.8. The SMILES string of the molecule is O=C(OCC(=O)N(N=Cc1ccccc1)c1cccc(C(F)(F)F)c1)c1ccc(C(=O)c2ccccc2)cc1. The van der Waals surface area contributed by atoms with Crippen molar-refractivity contribution >= 4 is 29.6 Å². The summed E-state index contributed by atoms with van der Waals surface area (Å²) < 4.78 is 44.9. The van der Waals surface area contributed by atoms with Crippen LogP contribution >= 0.6 is 0 Å². The van der Waals surface area contributed by atoms with E-state index in [0.717, 1.165) is 23.2 Å². The van der Waals surface area contributed by atoms with Crippen LogP contribution in [0.25, 0.3) is 0 Å². The van der Waals surface area contributed by atoms with Crippen LogP contribution in [0.15, 0.2) is 114 Å². The lowest BCUT2D eigenvalue weighted by atomic mass is 10.0. The average Bonchev–Trinajstić information content (AvgIpc) is 2.96. The second-order valence-corrected chi connectivity index (χ2v) is 8.26. The zero-order valence-electron chi connectivity index (χ0n) is 20.3. The zero-order valence-corrected chi connectivity index (χ0v) is 20.3. The summed E-state index contributed by atoms with van der Waals surface area (Å²) in [5.74, 6) is -1.94. The van der Waals surface area contributed by atoms with Crippen molar-refractivity contribution in [2.45, 2.75) is 6.18 Å². The molecule has 4 rings (SSSR count). The number of halogens is 3. The minimum Gasteiger partial charge on any atom is -0.452 e. The smallest absolute Gasteiger partial charge is 0.416 e. The first kappa shape index (κ1) is 27.0. The Bertz CT molecular complexity index is 1490. The van der Waals surface area contributed by atoms with Gasteiger partial charge in [-0.25, -0.2) is 4.79 Å². The van der Waals surface area contributed by atoms with Gasteiger partial charge in [0.15, 0.2) is 12.4 Å². The van der Waals surface area contributed by atoms with Crippen LogP contribution in [-0.2, 0) is 15.7 Å². The number of carbonyl (C=O) groups is 3. The summed E-state index contributed by atoms with van der Waals surface area (Å²) in [4.78, 5) is 38.1. The number of nitrogens with zero attached hydrogens (tertiary/aromatic N) is 2. The normalized spacial score (nSPS) is 11.3. The molecule has 0 radical (unpaired) electrons. The number of esters is 1. The molecule has 39 heavy (non-hydrogen) atoms. The standard InChI is InChI=1S/C30H21F3N2O4/c31-30(32,33)25-12-7-13-26(18-25)35(34-19-21-8-3-1-4-9-21)27(36)20-39-29(38)24-16-14-23(15-17-24)28(37)22-10-5-2-6-11-22/h1-19H,20H2. The van der Waals surface area contributed by atoms with Crippen LogP contribution in [0.5, 0.6) is 0 Å². The van der Waals surface area contributed by atoms with Gasteiger partial charge < -0.3 is 4.74 Å². The number of ether oxygens (including phenoxy) is 1. The van der Waals surface area contributed by atoms with E-state index in [-0.39, 0.29) is 17.0 Å². The summed E-state index contributed by atoms with van der Waals surface area (Å²) in [5, 5.41) is 4.81. The van der Waals surface area contributed by atoms with Crippen molar-refractivity contribution in [3.8, 4) is 0 Å². The largest absolute Gasteiger partial charge is 0.452 e. The average molecular weight is 531 g/mol. The van der Waals surface area contributed by atoms with Gasteiger partial charge in [-0.05, 0) is 35.9 Å². The van der Waals surface area contributed by atoms with Crippen LogP contribution in [-0.4, -0.2) is 30.5 Å². The molecule has 0 saturated carbocycles. The number of hydrogen-bond donors (Lipinski definition) is 0. The van der Waals surface area contributed by atoms with E-state index >= 15 is 0 Å². The molecule has 1 amide bonds. The van der Waals surface area contributed by atoms with Gasteiger partial charge in [-0.3, -0.25) is 9.59 Å². The van der Waals surface area contributed by atoms with Crippen LogP contribution in [0.1, 0.15) is 37.4 Å². The highest BCUT2D eigenvalue weighted by molar-refractivity contribution is 6.09. The molecule has 0 aliphatic heterocycles. The van der Waals surface area contributed by atoms with Crippen molar-refractivity contribution in [1.82, 2.24) is 0 Å². The van der Waals surface area contributed by atoms with Crippen LogP contribution < -0.4 is 5.01 Å². The number of rotatable bonds is 8. The molecule has 0 N–H and O–H groups in total. The van der Waals surface area contributed by atoms with Crippen molar-refractivity contribution in [1.29, 1.82) is 0 Å². The van der Waals surface area contributed by atoms with Crippen molar-refractivity contribution in [3.05, 3.63) is 137 Å². The molecule has 0 unspecified atom stereocenters. The van der Waals surface area contributed by atoms with Gasteiger partial charge in [0.25, 0.3) is 5.91 Å². The Morgan fingerprint density at radius 2 is 1.33 bits per heavy atom. The second-order valence-electron chi connectivity index (χ2n) is 8.26. The van der Waals surface area contributed by atoms with Crippen LogP contribution in [0.4, 0.5) is 18.9 Å². The van der Waals surface area contributed by atoms with Crippen molar-refractivity contribution in [2.24, 2.45) is 5.10 Å². The number of anilines is 1. The lowest BCUT2D eigenvalue weighted by molar-refractivity contribution is -0.137. The van der Waals surface area contributed by atoms with E-state index in [4.69, 9.17) is 4.74 Å². The van der Waals surface area contributed by atoms with E-state index in [0.29, 0.717) is 16.7 Å². The van der Waals surface area contributed by atoms with Gasteiger partial charge in [0.1, 0.15) is 0 Å². The molecule has 6 nitrogen and oxygen atoms in total. The summed E-state index contributed by atoms with van der Waals surface area (Å²) in [5.41, 5.74) is 0.427. The first-order valence-corrected chi connectivity index (χ1v) is 11.7. The lowest BCUT2D eigenvalue weighted by Crippen LogP contribution is -2.31. The number of amides is 1. The van der Waals surface area contributed by atoms with Gasteiger partial charge in [-0.1, -0.05) is 78.9 Å². The Labute approximate surface area is 222 Å². The van der Waals surface area contributed by atoms with Crippen molar-refractivity contribution < 1.29 is 32.3 Å². The molecular formula is C30H21F3N2O4. The minimum absolute atomic E-state index is 0.0887. The third-order valence-corrected chi connectivity index (χ3v) is 5.52. The summed E-state index contributed by atoms with van der Waals surface area (Å²) >= 11 is 0. The topological polar surface area (TPSA) is 76.0 Å². The third kappa shape index (κ3) is 7.04. The Kier molecular flexibility index (Phi) is 8.30. The summed E-state index contributed by atoms with van der Waals surface area (Å²) in [6.07, 6.45) is -3.32. The highest BCUT2D eigenvalue weighted by Gasteiger charge is 2.31. The fourth-order valence-corrected chi connectivity index (χ4v) is 3.54. The number of ketones is 1. The Morgan fingerprint density at radius 1 is 0.744 bits per heavy atom. The molecule has 0 aromatic heterocycles. The van der Waals surface area contributed by atoms with Gasteiger partial charge in [0.05, 0.1) is 23.0 Å². The number of alkyl halides is 3. The lowest BCUT2D eigenvalue weighted by Gasteiger charge is -2.18. The van der Waals surface area contributed by atoms with E-state index in [2.05, 4.69) is 5.10 Å². The molecule has 0 heterocycles. The van der Waals surface area contributed by atoms with Gasteiger partial charge in [0.2, 0.25) is 0 Å². The second kappa shape index (κ2) is 12.0. The molecular weight excluding hydrogens is 509 g/mol. The first-order chi connectivity index (χ1) is 18.7. The molecule has 0 atom stereocenters. The summed E-state index contributed by atoms with van der Waals surface area (Å²) in [6.45, 7) is -0.786. The molecule has 0 aliphatic carbocycles. The summed E-state index contributed by atoms with van der Waals surface area (Å²) in [6, 6.07) is 27.1. The van der Waals surface area contributed by atoms with Gasteiger partial charge in [-0.15, -0.1) is 0 Å². The number of hydrogen-bond acceptors (Lipinski definition) is 5. The van der Waals surface area contributed by atoms with E-state index in [1.54, 1.807) is 60.7 Å². The molecule has 0 fully saturated rings. The predicted octanol–water partition coefficient (Wildman–Crippen LogP) is 6.16. The van der Waals surface area contributed by atoms with Crippen molar-refractivity contribution in [2.75, 3.05) is 11.6 Å². The molecule has 0 aliphatic rings. The van der Waals surface area contributed by atoms with Gasteiger partial charge >= 0.3 is 12.1 Å². The highest BCUT2D eigenvalue weighted by Crippen LogP contribution is 2.31. The molecule has 0 spiro atoms. The van der Waals surface area contributed by atoms with Gasteiger partial charge in [-0.2, -0.15) is 23.3 Å². The third-order valence-electron chi connectivity index (χ3n) is 5.52. The van der Waals surface area contributed by atoms with Crippen LogP contribution in [0, 0.1) is 0 Å². The maximum absolute atomic E-state index is 13.3. The molecule has 0 saturated heterocycles. The minimum atomic E-state index is -4.63. The quantitative estimate of drug-likeness (QED) is 0.118. The molecule has 4 aromatic rings. The highest BCUT2D eigenvalue weighted by atomic mass is 19.4. The number of hydrazone groups is 1. The molecule has 9 heteroatoms. The maximum Gasteiger partial charge on any atom is 0.416 e. The Hall–Kier alpha value is -5.05. The first-order valence-electron chi connectivity index (χ1n) is 11.7.